The van der Waals surface area contributed by atoms with Crippen molar-refractivity contribution in [3.63, 3.8) is 0 Å². The second-order valence-electron chi connectivity index (χ2n) is 4.38. The molecule has 0 saturated heterocycles. The lowest BCUT2D eigenvalue weighted by Gasteiger charge is -2.30. The number of rotatable bonds is 5. The molecule has 1 rings (SSSR count). The van der Waals surface area contributed by atoms with Crippen LogP contribution in [-0.4, -0.2) is 19.0 Å². The molecule has 1 nitrogen and oxygen atoms in total. The van der Waals surface area contributed by atoms with E-state index in [2.05, 4.69) is 19.2 Å². The lowest BCUT2D eigenvalue weighted by atomic mass is 9.83. The summed E-state index contributed by atoms with van der Waals surface area (Å²) in [6, 6.07) is 0. The first-order chi connectivity index (χ1) is 6.83. The van der Waals surface area contributed by atoms with Gasteiger partial charge in [-0.15, -0.1) is 6.58 Å². The van der Waals surface area contributed by atoms with Gasteiger partial charge in [0.2, 0.25) is 0 Å². The summed E-state index contributed by atoms with van der Waals surface area (Å²) in [5.74, 6) is 0.962. The first-order valence-corrected chi connectivity index (χ1v) is 6.26. The molecule has 2 heteroatoms. The van der Waals surface area contributed by atoms with Crippen LogP contribution < -0.4 is 0 Å². The van der Waals surface area contributed by atoms with Gasteiger partial charge in [-0.3, -0.25) is 0 Å². The molecule has 0 aromatic carbocycles. The van der Waals surface area contributed by atoms with Crippen molar-refractivity contribution in [3.8, 4) is 0 Å². The van der Waals surface area contributed by atoms with Crippen molar-refractivity contribution in [2.24, 2.45) is 5.41 Å². The minimum absolute atomic E-state index is 0.350. The Morgan fingerprint density at radius 1 is 1.21 bits per heavy atom. The monoisotopic (exact) mass is 214 g/mol. The Morgan fingerprint density at radius 3 is 2.36 bits per heavy atom. The molecule has 1 aliphatic carbocycles. The average Bonchev–Trinajstić information content (AvgIpc) is 2.45. The van der Waals surface area contributed by atoms with Crippen LogP contribution in [0, 0.1) is 5.41 Å². The van der Waals surface area contributed by atoms with E-state index >= 15 is 0 Å². The topological polar surface area (TPSA) is 9.23 Å². The van der Waals surface area contributed by atoms with Gasteiger partial charge >= 0.3 is 0 Å². The third-order valence-electron chi connectivity index (χ3n) is 3.14. The van der Waals surface area contributed by atoms with Crippen LogP contribution in [0.4, 0.5) is 0 Å². The molecule has 0 aromatic heterocycles. The number of thiol groups is 1. The highest BCUT2D eigenvalue weighted by atomic mass is 32.1. The Hall–Kier alpha value is 0.0500. The third kappa shape index (κ3) is 3.66. The van der Waals surface area contributed by atoms with Gasteiger partial charge in [0.1, 0.15) is 0 Å². The molecule has 0 radical (unpaired) electrons. The molecule has 1 aliphatic rings. The van der Waals surface area contributed by atoms with E-state index in [9.17, 15) is 0 Å². The van der Waals surface area contributed by atoms with Crippen LogP contribution in [-0.2, 0) is 4.74 Å². The Balaban J connectivity index is 2.40. The Kier molecular flexibility index (Phi) is 5.64. The summed E-state index contributed by atoms with van der Waals surface area (Å²) in [6.07, 6.45) is 9.86. The van der Waals surface area contributed by atoms with E-state index in [4.69, 9.17) is 4.74 Å². The van der Waals surface area contributed by atoms with Crippen LogP contribution in [0.1, 0.15) is 38.5 Å². The number of hydrogen-bond acceptors (Lipinski definition) is 2. The summed E-state index contributed by atoms with van der Waals surface area (Å²) in [7, 11) is 0. The SMILES string of the molecule is C=CCOCC1(CS)CCCCCC1. The quantitative estimate of drug-likeness (QED) is 0.319. The van der Waals surface area contributed by atoms with E-state index in [1.807, 2.05) is 6.08 Å². The van der Waals surface area contributed by atoms with Crippen molar-refractivity contribution in [1.29, 1.82) is 0 Å². The standard InChI is InChI=1S/C12H22OS/c1-2-9-13-10-12(11-14)7-5-3-4-6-8-12/h2,14H,1,3-11H2. The summed E-state index contributed by atoms with van der Waals surface area (Å²) in [4.78, 5) is 0. The zero-order valence-electron chi connectivity index (χ0n) is 9.00. The summed E-state index contributed by atoms with van der Waals surface area (Å²) < 4.78 is 5.61. The second kappa shape index (κ2) is 6.52. The van der Waals surface area contributed by atoms with Crippen molar-refractivity contribution in [3.05, 3.63) is 12.7 Å². The van der Waals surface area contributed by atoms with Crippen molar-refractivity contribution >= 4 is 12.6 Å². The lowest BCUT2D eigenvalue weighted by molar-refractivity contribution is 0.0634. The van der Waals surface area contributed by atoms with Gasteiger partial charge < -0.3 is 4.74 Å². The Morgan fingerprint density at radius 2 is 1.86 bits per heavy atom. The highest BCUT2D eigenvalue weighted by Crippen LogP contribution is 2.36. The summed E-state index contributed by atoms with van der Waals surface area (Å²) >= 11 is 4.49. The molecule has 1 fully saturated rings. The first-order valence-electron chi connectivity index (χ1n) is 5.62. The molecule has 0 unspecified atom stereocenters. The number of ether oxygens (including phenoxy) is 1. The molecule has 0 aromatic rings. The molecular weight excluding hydrogens is 192 g/mol. The highest BCUT2D eigenvalue weighted by Gasteiger charge is 2.29. The van der Waals surface area contributed by atoms with Gasteiger partial charge in [0, 0.05) is 5.41 Å². The molecule has 82 valence electrons. The van der Waals surface area contributed by atoms with Gasteiger partial charge in [0.15, 0.2) is 0 Å². The van der Waals surface area contributed by atoms with Crippen LogP contribution >= 0.6 is 12.6 Å². The molecular formula is C12H22OS. The maximum absolute atomic E-state index is 5.61. The molecule has 0 heterocycles. The molecule has 0 N–H and O–H groups in total. The van der Waals surface area contributed by atoms with E-state index in [1.165, 1.54) is 38.5 Å². The largest absolute Gasteiger partial charge is 0.377 e. The summed E-state index contributed by atoms with van der Waals surface area (Å²) in [6.45, 7) is 5.21. The lowest BCUT2D eigenvalue weighted by Crippen LogP contribution is -2.28. The van der Waals surface area contributed by atoms with Crippen LogP contribution in [0.5, 0.6) is 0 Å². The molecule has 0 atom stereocenters. The van der Waals surface area contributed by atoms with E-state index in [0.717, 1.165) is 12.4 Å². The van der Waals surface area contributed by atoms with Gasteiger partial charge in [-0.25, -0.2) is 0 Å². The van der Waals surface area contributed by atoms with Crippen molar-refractivity contribution < 1.29 is 4.74 Å². The highest BCUT2D eigenvalue weighted by molar-refractivity contribution is 7.80. The van der Waals surface area contributed by atoms with Crippen LogP contribution in [0.3, 0.4) is 0 Å². The maximum Gasteiger partial charge on any atom is 0.0645 e. The molecule has 0 aliphatic heterocycles. The number of hydrogen-bond donors (Lipinski definition) is 1. The van der Waals surface area contributed by atoms with Crippen molar-refractivity contribution in [2.75, 3.05) is 19.0 Å². The fraction of sp³-hybridized carbons (Fsp3) is 0.833. The molecule has 1 saturated carbocycles. The maximum atomic E-state index is 5.61. The predicted octanol–water partition coefficient (Wildman–Crippen LogP) is 3.46. The fourth-order valence-electron chi connectivity index (χ4n) is 2.19. The Bertz CT molecular complexity index is 160. The molecule has 0 amide bonds. The van der Waals surface area contributed by atoms with Crippen LogP contribution in [0.2, 0.25) is 0 Å². The average molecular weight is 214 g/mol. The van der Waals surface area contributed by atoms with Gasteiger partial charge in [0.05, 0.1) is 13.2 Å². The van der Waals surface area contributed by atoms with E-state index in [0.29, 0.717) is 12.0 Å². The van der Waals surface area contributed by atoms with Crippen LogP contribution in [0.15, 0.2) is 12.7 Å². The van der Waals surface area contributed by atoms with Gasteiger partial charge in [-0.2, -0.15) is 12.6 Å². The fourth-order valence-corrected chi connectivity index (χ4v) is 2.59. The minimum atomic E-state index is 0.350. The van der Waals surface area contributed by atoms with Crippen LogP contribution in [0.25, 0.3) is 0 Å². The van der Waals surface area contributed by atoms with Gasteiger partial charge in [-0.05, 0) is 18.6 Å². The zero-order valence-corrected chi connectivity index (χ0v) is 9.90. The van der Waals surface area contributed by atoms with Gasteiger partial charge in [0.25, 0.3) is 0 Å². The molecule has 14 heavy (non-hydrogen) atoms. The molecule has 0 spiro atoms. The van der Waals surface area contributed by atoms with Crippen molar-refractivity contribution in [1.82, 2.24) is 0 Å². The zero-order chi connectivity index (χ0) is 10.3. The van der Waals surface area contributed by atoms with E-state index < -0.39 is 0 Å². The van der Waals surface area contributed by atoms with E-state index in [1.54, 1.807) is 0 Å². The summed E-state index contributed by atoms with van der Waals surface area (Å²) in [5, 5.41) is 0. The van der Waals surface area contributed by atoms with Gasteiger partial charge in [-0.1, -0.05) is 31.8 Å². The smallest absolute Gasteiger partial charge is 0.0645 e. The third-order valence-corrected chi connectivity index (χ3v) is 3.81. The minimum Gasteiger partial charge on any atom is -0.377 e. The normalized spacial score (nSPS) is 21.5. The second-order valence-corrected chi connectivity index (χ2v) is 4.69. The first kappa shape index (κ1) is 12.1. The van der Waals surface area contributed by atoms with Crippen molar-refractivity contribution in [2.45, 2.75) is 38.5 Å². The van der Waals surface area contributed by atoms with E-state index in [-0.39, 0.29) is 0 Å². The predicted molar refractivity (Wildman–Crippen MR) is 65.0 cm³/mol. The summed E-state index contributed by atoms with van der Waals surface area (Å²) in [5.41, 5.74) is 0.350. The Labute approximate surface area is 93.3 Å². The molecule has 0 bridgehead atoms.